The maximum atomic E-state index is 13.2. The highest BCUT2D eigenvalue weighted by atomic mass is 19.2. The van der Waals surface area contributed by atoms with E-state index in [0.29, 0.717) is 24.9 Å². The van der Waals surface area contributed by atoms with Gasteiger partial charge in [0.15, 0.2) is 11.6 Å². The lowest BCUT2D eigenvalue weighted by Crippen LogP contribution is -2.43. The molecular weight excluding hydrogens is 314 g/mol. The molecule has 0 radical (unpaired) electrons. The fraction of sp³-hybridized carbons (Fsp3) is 0.222. The fourth-order valence-electron chi connectivity index (χ4n) is 2.83. The van der Waals surface area contributed by atoms with Gasteiger partial charge in [0.2, 0.25) is 5.91 Å². The van der Waals surface area contributed by atoms with Gasteiger partial charge in [0, 0.05) is 23.9 Å². The third kappa shape index (κ3) is 3.27. The maximum Gasteiger partial charge on any atom is 0.254 e. The Balaban J connectivity index is 1.74. The van der Waals surface area contributed by atoms with Crippen molar-refractivity contribution >= 4 is 17.5 Å². The van der Waals surface area contributed by atoms with Gasteiger partial charge in [-0.15, -0.1) is 0 Å². The Morgan fingerprint density at radius 3 is 2.50 bits per heavy atom. The number of carbonyl (C=O) groups excluding carboxylic acids is 2. The van der Waals surface area contributed by atoms with Crippen molar-refractivity contribution in [2.75, 3.05) is 11.9 Å². The first-order valence-corrected chi connectivity index (χ1v) is 7.68. The highest BCUT2D eigenvalue weighted by molar-refractivity contribution is 6.01. The van der Waals surface area contributed by atoms with E-state index < -0.39 is 23.6 Å². The molecule has 3 rings (SSSR count). The fourth-order valence-corrected chi connectivity index (χ4v) is 2.83. The number of rotatable bonds is 3. The molecule has 1 unspecified atom stereocenters. The zero-order valence-corrected chi connectivity index (χ0v) is 12.8. The summed E-state index contributed by atoms with van der Waals surface area (Å²) in [7, 11) is 0. The highest BCUT2D eigenvalue weighted by Crippen LogP contribution is 2.22. The number of carbonyl (C=O) groups is 2. The predicted molar refractivity (Wildman–Crippen MR) is 85.5 cm³/mol. The number of hydrogen-bond acceptors (Lipinski definition) is 2. The first-order valence-electron chi connectivity index (χ1n) is 7.68. The van der Waals surface area contributed by atoms with Crippen molar-refractivity contribution in [2.45, 2.75) is 18.9 Å². The third-order valence-corrected chi connectivity index (χ3v) is 4.02. The molecular formula is C18H16F2N2O2. The van der Waals surface area contributed by atoms with Crippen LogP contribution in [0.15, 0.2) is 48.5 Å². The average Bonchev–Trinajstić information content (AvgIpc) is 3.08. The second kappa shape index (κ2) is 6.78. The number of anilines is 1. The molecule has 2 aromatic rings. The molecule has 0 spiro atoms. The molecule has 4 nitrogen and oxygen atoms in total. The summed E-state index contributed by atoms with van der Waals surface area (Å²) in [5.74, 6) is -2.62. The van der Waals surface area contributed by atoms with Crippen molar-refractivity contribution in [1.29, 1.82) is 0 Å². The summed E-state index contributed by atoms with van der Waals surface area (Å²) in [6, 6.07) is 11.3. The van der Waals surface area contributed by atoms with Gasteiger partial charge in [-0.2, -0.15) is 0 Å². The monoisotopic (exact) mass is 330 g/mol. The second-order valence-corrected chi connectivity index (χ2v) is 5.64. The Morgan fingerprint density at radius 2 is 1.79 bits per heavy atom. The van der Waals surface area contributed by atoms with Gasteiger partial charge >= 0.3 is 0 Å². The molecule has 0 bridgehead atoms. The molecule has 1 saturated heterocycles. The summed E-state index contributed by atoms with van der Waals surface area (Å²) in [4.78, 5) is 26.5. The van der Waals surface area contributed by atoms with Crippen molar-refractivity contribution in [1.82, 2.24) is 4.90 Å². The SMILES string of the molecule is O=C(Nc1ccc(F)c(F)c1)C1CCCN1C(=O)c1ccccc1. The van der Waals surface area contributed by atoms with Crippen LogP contribution in [0.25, 0.3) is 0 Å². The molecule has 6 heteroatoms. The lowest BCUT2D eigenvalue weighted by atomic mass is 10.1. The van der Waals surface area contributed by atoms with E-state index in [0.717, 1.165) is 12.1 Å². The zero-order valence-electron chi connectivity index (χ0n) is 12.8. The van der Waals surface area contributed by atoms with Crippen molar-refractivity contribution in [2.24, 2.45) is 0 Å². The molecule has 0 aromatic heterocycles. The van der Waals surface area contributed by atoms with E-state index in [1.54, 1.807) is 24.3 Å². The van der Waals surface area contributed by atoms with Gasteiger partial charge in [0.1, 0.15) is 6.04 Å². The number of halogens is 2. The Bertz CT molecular complexity index is 765. The molecule has 0 saturated carbocycles. The van der Waals surface area contributed by atoms with Crippen LogP contribution in [0.3, 0.4) is 0 Å². The van der Waals surface area contributed by atoms with E-state index in [9.17, 15) is 18.4 Å². The quantitative estimate of drug-likeness (QED) is 0.939. The summed E-state index contributed by atoms with van der Waals surface area (Å²) in [6.45, 7) is 0.490. The van der Waals surface area contributed by atoms with E-state index in [1.165, 1.54) is 11.0 Å². The molecule has 0 aliphatic carbocycles. The molecule has 1 fully saturated rings. The van der Waals surface area contributed by atoms with Crippen LogP contribution in [0.2, 0.25) is 0 Å². The van der Waals surface area contributed by atoms with Crippen molar-refractivity contribution in [3.8, 4) is 0 Å². The van der Waals surface area contributed by atoms with E-state index in [-0.39, 0.29) is 11.6 Å². The van der Waals surface area contributed by atoms with Gasteiger partial charge in [-0.05, 0) is 37.1 Å². The van der Waals surface area contributed by atoms with Gasteiger partial charge in [0.25, 0.3) is 5.91 Å². The van der Waals surface area contributed by atoms with Crippen LogP contribution in [-0.2, 0) is 4.79 Å². The summed E-state index contributed by atoms with van der Waals surface area (Å²) < 4.78 is 26.2. The summed E-state index contributed by atoms with van der Waals surface area (Å²) in [5.41, 5.74) is 0.683. The summed E-state index contributed by atoms with van der Waals surface area (Å²) >= 11 is 0. The number of nitrogens with zero attached hydrogens (tertiary/aromatic N) is 1. The van der Waals surface area contributed by atoms with Crippen molar-refractivity contribution in [3.63, 3.8) is 0 Å². The predicted octanol–water partition coefficient (Wildman–Crippen LogP) is 3.21. The van der Waals surface area contributed by atoms with Gasteiger partial charge in [-0.25, -0.2) is 8.78 Å². The Morgan fingerprint density at radius 1 is 1.04 bits per heavy atom. The molecule has 1 aliphatic heterocycles. The number of benzene rings is 2. The van der Waals surface area contributed by atoms with Gasteiger partial charge < -0.3 is 10.2 Å². The first-order chi connectivity index (χ1) is 11.6. The van der Waals surface area contributed by atoms with Crippen LogP contribution < -0.4 is 5.32 Å². The van der Waals surface area contributed by atoms with E-state index in [4.69, 9.17) is 0 Å². The molecule has 1 heterocycles. The smallest absolute Gasteiger partial charge is 0.254 e. The van der Waals surface area contributed by atoms with E-state index >= 15 is 0 Å². The summed E-state index contributed by atoms with van der Waals surface area (Å²) in [6.07, 6.45) is 1.25. The third-order valence-electron chi connectivity index (χ3n) is 4.02. The van der Waals surface area contributed by atoms with Gasteiger partial charge in [0.05, 0.1) is 0 Å². The van der Waals surface area contributed by atoms with Crippen molar-refractivity contribution < 1.29 is 18.4 Å². The Hall–Kier alpha value is -2.76. The number of hydrogen-bond donors (Lipinski definition) is 1. The minimum Gasteiger partial charge on any atom is -0.327 e. The van der Waals surface area contributed by atoms with Gasteiger partial charge in [-0.1, -0.05) is 18.2 Å². The standard InChI is InChI=1S/C18H16F2N2O2/c19-14-9-8-13(11-15(14)20)21-17(23)16-7-4-10-22(16)18(24)12-5-2-1-3-6-12/h1-3,5-6,8-9,11,16H,4,7,10H2,(H,21,23). The summed E-state index contributed by atoms with van der Waals surface area (Å²) in [5, 5.41) is 2.55. The van der Waals surface area contributed by atoms with Crippen LogP contribution >= 0.6 is 0 Å². The molecule has 1 aliphatic rings. The molecule has 1 atom stereocenters. The van der Waals surface area contributed by atoms with Crippen LogP contribution in [0, 0.1) is 11.6 Å². The Kier molecular flexibility index (Phi) is 4.55. The number of nitrogens with one attached hydrogen (secondary N) is 1. The lowest BCUT2D eigenvalue weighted by molar-refractivity contribution is -0.119. The topological polar surface area (TPSA) is 49.4 Å². The maximum absolute atomic E-state index is 13.2. The van der Waals surface area contributed by atoms with Crippen LogP contribution in [0.1, 0.15) is 23.2 Å². The zero-order chi connectivity index (χ0) is 17.1. The van der Waals surface area contributed by atoms with E-state index in [1.807, 2.05) is 6.07 Å². The van der Waals surface area contributed by atoms with Crippen LogP contribution in [0.5, 0.6) is 0 Å². The normalized spacial score (nSPS) is 16.9. The molecule has 24 heavy (non-hydrogen) atoms. The molecule has 1 N–H and O–H groups in total. The highest BCUT2D eigenvalue weighted by Gasteiger charge is 2.34. The lowest BCUT2D eigenvalue weighted by Gasteiger charge is -2.24. The largest absolute Gasteiger partial charge is 0.327 e. The first kappa shape index (κ1) is 16.1. The molecule has 124 valence electrons. The van der Waals surface area contributed by atoms with E-state index in [2.05, 4.69) is 5.32 Å². The van der Waals surface area contributed by atoms with Crippen LogP contribution in [0.4, 0.5) is 14.5 Å². The number of amides is 2. The number of likely N-dealkylation sites (tertiary alicyclic amines) is 1. The Labute approximate surface area is 138 Å². The molecule has 2 aromatic carbocycles. The average molecular weight is 330 g/mol. The van der Waals surface area contributed by atoms with Gasteiger partial charge in [-0.3, -0.25) is 9.59 Å². The minimum absolute atomic E-state index is 0.165. The minimum atomic E-state index is -1.03. The second-order valence-electron chi connectivity index (χ2n) is 5.64. The van der Waals surface area contributed by atoms with Crippen molar-refractivity contribution in [3.05, 3.63) is 65.7 Å². The van der Waals surface area contributed by atoms with Crippen LogP contribution in [-0.4, -0.2) is 29.3 Å². The molecule has 2 amide bonds.